The van der Waals surface area contributed by atoms with Gasteiger partial charge in [-0.2, -0.15) is 0 Å². The minimum Gasteiger partial charge on any atom is -0.324 e. The molecule has 1 heterocycles. The maximum absolute atomic E-state index is 12.5. The number of hydrogen-bond donors (Lipinski definition) is 3. The number of imidazole rings is 1. The van der Waals surface area contributed by atoms with Crippen LogP contribution in [0.4, 0.5) is 17.3 Å². The van der Waals surface area contributed by atoms with Crippen molar-refractivity contribution >= 4 is 57.5 Å². The molecule has 3 N–H and O–H groups in total. The molecule has 4 rings (SSSR count). The summed E-state index contributed by atoms with van der Waals surface area (Å²) >= 11 is 12.4. The molecule has 0 radical (unpaired) electrons. The van der Waals surface area contributed by atoms with E-state index in [2.05, 4.69) is 20.6 Å². The number of aryl methyl sites for hydroxylation is 1. The number of fused-ring (bicyclic) bond motifs is 1. The van der Waals surface area contributed by atoms with Gasteiger partial charge in [0.2, 0.25) is 5.95 Å². The molecule has 140 valence electrons. The average Bonchev–Trinajstić information content (AvgIpc) is 3.08. The average molecular weight is 411 g/mol. The summed E-state index contributed by atoms with van der Waals surface area (Å²) in [5.41, 5.74) is 4.42. The van der Waals surface area contributed by atoms with Crippen molar-refractivity contribution in [3.05, 3.63) is 81.8 Å². The zero-order valence-corrected chi connectivity index (χ0v) is 16.4. The molecule has 0 aliphatic rings. The summed E-state index contributed by atoms with van der Waals surface area (Å²) in [5.74, 6) is 0.296. The Kier molecular flexibility index (Phi) is 4.94. The molecular formula is C21H16Cl2N4O. The molecule has 1 amide bonds. The third-order valence-corrected chi connectivity index (χ3v) is 4.89. The van der Waals surface area contributed by atoms with E-state index in [0.717, 1.165) is 22.3 Å². The van der Waals surface area contributed by atoms with Gasteiger partial charge in [-0.25, -0.2) is 4.98 Å². The van der Waals surface area contributed by atoms with Gasteiger partial charge in [0.1, 0.15) is 0 Å². The Hall–Kier alpha value is -3.02. The van der Waals surface area contributed by atoms with Crippen molar-refractivity contribution in [3.8, 4) is 0 Å². The number of anilines is 3. The van der Waals surface area contributed by atoms with Crippen molar-refractivity contribution in [2.75, 3.05) is 10.6 Å². The van der Waals surface area contributed by atoms with Gasteiger partial charge in [-0.3, -0.25) is 4.79 Å². The molecule has 0 spiro atoms. The highest BCUT2D eigenvalue weighted by Crippen LogP contribution is 2.32. The minimum atomic E-state index is -0.191. The number of nitrogens with one attached hydrogen (secondary N) is 3. The zero-order valence-electron chi connectivity index (χ0n) is 14.9. The topological polar surface area (TPSA) is 69.8 Å². The van der Waals surface area contributed by atoms with Crippen LogP contribution in [0.3, 0.4) is 0 Å². The molecular weight excluding hydrogens is 395 g/mol. The van der Waals surface area contributed by atoms with Crippen LogP contribution in [0.25, 0.3) is 11.0 Å². The minimum absolute atomic E-state index is 0.191. The van der Waals surface area contributed by atoms with Gasteiger partial charge in [-0.15, -0.1) is 0 Å². The Morgan fingerprint density at radius 3 is 2.43 bits per heavy atom. The van der Waals surface area contributed by atoms with Crippen molar-refractivity contribution in [3.63, 3.8) is 0 Å². The predicted octanol–water partition coefficient (Wildman–Crippen LogP) is 6.17. The van der Waals surface area contributed by atoms with E-state index in [9.17, 15) is 4.79 Å². The van der Waals surface area contributed by atoms with E-state index in [-0.39, 0.29) is 5.91 Å². The van der Waals surface area contributed by atoms with Crippen molar-refractivity contribution in [2.24, 2.45) is 0 Å². The fourth-order valence-electron chi connectivity index (χ4n) is 2.79. The first kappa shape index (κ1) is 18.3. The Morgan fingerprint density at radius 1 is 1.00 bits per heavy atom. The number of H-pyrrole nitrogens is 1. The first-order chi connectivity index (χ1) is 13.5. The van der Waals surface area contributed by atoms with Gasteiger partial charge < -0.3 is 15.6 Å². The second-order valence-electron chi connectivity index (χ2n) is 6.36. The summed E-state index contributed by atoms with van der Waals surface area (Å²) < 4.78 is 0. The second-order valence-corrected chi connectivity index (χ2v) is 7.17. The van der Waals surface area contributed by atoms with E-state index in [1.165, 1.54) is 0 Å². The number of benzene rings is 3. The Morgan fingerprint density at radius 2 is 1.71 bits per heavy atom. The first-order valence-electron chi connectivity index (χ1n) is 8.58. The summed E-state index contributed by atoms with van der Waals surface area (Å²) in [6.45, 7) is 2.00. The SMILES string of the molecule is Cc1ccc(NC(=O)c2ccc3nc(Nc4c(Cl)cccc4Cl)[nH]c3c2)cc1. The van der Waals surface area contributed by atoms with Crippen molar-refractivity contribution < 1.29 is 4.79 Å². The van der Waals surface area contributed by atoms with Crippen LogP contribution in [0.15, 0.2) is 60.7 Å². The van der Waals surface area contributed by atoms with E-state index in [1.807, 2.05) is 31.2 Å². The van der Waals surface area contributed by atoms with Gasteiger partial charge in [0.25, 0.3) is 5.91 Å². The molecule has 0 aliphatic heterocycles. The third kappa shape index (κ3) is 3.81. The Bertz CT molecular complexity index is 1150. The van der Waals surface area contributed by atoms with Crippen molar-refractivity contribution in [1.82, 2.24) is 9.97 Å². The molecule has 1 aromatic heterocycles. The monoisotopic (exact) mass is 410 g/mol. The van der Waals surface area contributed by atoms with Gasteiger partial charge in [0.05, 0.1) is 26.8 Å². The fourth-order valence-corrected chi connectivity index (χ4v) is 3.28. The Labute approximate surface area is 171 Å². The van der Waals surface area contributed by atoms with Crippen LogP contribution in [0.5, 0.6) is 0 Å². The van der Waals surface area contributed by atoms with Gasteiger partial charge in [-0.1, -0.05) is 47.0 Å². The van der Waals surface area contributed by atoms with Crippen LogP contribution in [0.2, 0.25) is 10.0 Å². The fraction of sp³-hybridized carbons (Fsp3) is 0.0476. The lowest BCUT2D eigenvalue weighted by Gasteiger charge is -2.07. The molecule has 0 fully saturated rings. The van der Waals surface area contributed by atoms with Crippen molar-refractivity contribution in [2.45, 2.75) is 6.92 Å². The van der Waals surface area contributed by atoms with Crippen LogP contribution in [0, 0.1) is 6.92 Å². The number of aromatic nitrogens is 2. The van der Waals surface area contributed by atoms with Gasteiger partial charge in [0.15, 0.2) is 0 Å². The van der Waals surface area contributed by atoms with Gasteiger partial charge >= 0.3 is 0 Å². The summed E-state index contributed by atoms with van der Waals surface area (Å²) in [7, 11) is 0. The zero-order chi connectivity index (χ0) is 19.7. The quantitative estimate of drug-likeness (QED) is 0.376. The second kappa shape index (κ2) is 7.54. The van der Waals surface area contributed by atoms with Crippen LogP contribution in [-0.2, 0) is 0 Å². The molecule has 0 saturated heterocycles. The number of carbonyl (C=O) groups excluding carboxylic acids is 1. The van der Waals surface area contributed by atoms with Crippen molar-refractivity contribution in [1.29, 1.82) is 0 Å². The molecule has 0 atom stereocenters. The van der Waals surface area contributed by atoms with Crippen LogP contribution in [-0.4, -0.2) is 15.9 Å². The van der Waals surface area contributed by atoms with Gasteiger partial charge in [0, 0.05) is 11.3 Å². The number of carbonyl (C=O) groups is 1. The van der Waals surface area contributed by atoms with E-state index >= 15 is 0 Å². The number of halogens is 2. The van der Waals surface area contributed by atoms with Gasteiger partial charge in [-0.05, 0) is 49.4 Å². The lowest BCUT2D eigenvalue weighted by Crippen LogP contribution is -2.11. The number of hydrogen-bond acceptors (Lipinski definition) is 3. The highest BCUT2D eigenvalue weighted by molar-refractivity contribution is 6.39. The maximum Gasteiger partial charge on any atom is 0.255 e. The smallest absolute Gasteiger partial charge is 0.255 e. The highest BCUT2D eigenvalue weighted by atomic mass is 35.5. The maximum atomic E-state index is 12.5. The molecule has 0 unspecified atom stereocenters. The lowest BCUT2D eigenvalue weighted by atomic mass is 10.1. The standard InChI is InChI=1S/C21H16Cl2N4O/c1-12-5-8-14(9-6-12)24-20(28)13-7-10-17-18(11-13)26-21(25-17)27-19-15(22)3-2-4-16(19)23/h2-11H,1H3,(H,24,28)(H2,25,26,27). The summed E-state index contributed by atoms with van der Waals surface area (Å²) in [6, 6.07) is 18.2. The molecule has 28 heavy (non-hydrogen) atoms. The first-order valence-corrected chi connectivity index (χ1v) is 9.34. The molecule has 0 bridgehead atoms. The van der Waals surface area contributed by atoms with E-state index in [0.29, 0.717) is 27.2 Å². The number of amides is 1. The molecule has 4 aromatic rings. The summed E-state index contributed by atoms with van der Waals surface area (Å²) in [6.07, 6.45) is 0. The van der Waals surface area contributed by atoms with E-state index in [1.54, 1.807) is 36.4 Å². The predicted molar refractivity (Wildman–Crippen MR) is 115 cm³/mol. The largest absolute Gasteiger partial charge is 0.324 e. The molecule has 5 nitrogen and oxygen atoms in total. The van der Waals surface area contributed by atoms with Crippen LogP contribution >= 0.6 is 23.2 Å². The Balaban J connectivity index is 1.57. The third-order valence-electron chi connectivity index (χ3n) is 4.26. The summed E-state index contributed by atoms with van der Waals surface area (Å²) in [5, 5.41) is 6.96. The lowest BCUT2D eigenvalue weighted by molar-refractivity contribution is 0.102. The van der Waals surface area contributed by atoms with Crippen LogP contribution in [0.1, 0.15) is 15.9 Å². The molecule has 3 aromatic carbocycles. The molecule has 0 aliphatic carbocycles. The number of rotatable bonds is 4. The summed E-state index contributed by atoms with van der Waals surface area (Å²) in [4.78, 5) is 20.1. The number of nitrogens with zero attached hydrogens (tertiary/aromatic N) is 1. The van der Waals surface area contributed by atoms with E-state index in [4.69, 9.17) is 23.2 Å². The molecule has 0 saturated carbocycles. The number of aromatic amines is 1. The molecule has 7 heteroatoms. The van der Waals surface area contributed by atoms with Crippen LogP contribution < -0.4 is 10.6 Å². The van der Waals surface area contributed by atoms with E-state index < -0.39 is 0 Å². The number of para-hydroxylation sites is 1. The highest BCUT2D eigenvalue weighted by Gasteiger charge is 2.11. The normalized spacial score (nSPS) is 10.8.